The lowest BCUT2D eigenvalue weighted by atomic mass is 9.94. The highest BCUT2D eigenvalue weighted by molar-refractivity contribution is 5.81. The molecule has 0 N–H and O–H groups in total. The average Bonchev–Trinajstić information content (AvgIpc) is 3.27. The molecule has 0 spiro atoms. The predicted molar refractivity (Wildman–Crippen MR) is 124 cm³/mol. The molecule has 0 bridgehead atoms. The van der Waals surface area contributed by atoms with E-state index in [1.165, 1.54) is 72.8 Å². The third-order valence-corrected chi connectivity index (χ3v) is 5.27. The summed E-state index contributed by atoms with van der Waals surface area (Å²) >= 11 is 0. The molecule has 2 aliphatic rings. The molecule has 3 rings (SSSR count). The van der Waals surface area contributed by atoms with E-state index in [0.717, 1.165) is 12.3 Å². The monoisotopic (exact) mass is 356 g/mol. The van der Waals surface area contributed by atoms with Crippen LogP contribution in [0.15, 0.2) is 54.1 Å². The van der Waals surface area contributed by atoms with E-state index in [9.17, 15) is 0 Å². The van der Waals surface area contributed by atoms with Gasteiger partial charge in [-0.15, -0.1) is 0 Å². The fraction of sp³-hybridized carbons (Fsp3) is 0.538. The molecule has 1 atom stereocenters. The summed E-state index contributed by atoms with van der Waals surface area (Å²) in [7, 11) is 0. The number of fused-ring (bicyclic) bond motifs is 1. The van der Waals surface area contributed by atoms with Crippen molar-refractivity contribution < 1.29 is 2.85 Å². The van der Waals surface area contributed by atoms with Crippen molar-refractivity contribution in [2.24, 2.45) is 5.92 Å². The molecule has 2 aliphatic carbocycles. The Morgan fingerprint density at radius 2 is 1.81 bits per heavy atom. The summed E-state index contributed by atoms with van der Waals surface area (Å²) in [6.07, 6.45) is 15.2. The molecule has 0 heteroatoms. The SMILES string of the molecule is C=C1/C(=C/C2=CCc3ccccc32)CCC1CCCCCC.CC.CC.[HH].[HH]. The second-order valence-electron chi connectivity index (χ2n) is 6.80. The zero-order valence-corrected chi connectivity index (χ0v) is 17.9. The number of rotatable bonds is 6. The minimum absolute atomic E-state index is 0. The van der Waals surface area contributed by atoms with Gasteiger partial charge >= 0.3 is 0 Å². The number of benzene rings is 1. The number of hydrogen-bond acceptors (Lipinski definition) is 0. The topological polar surface area (TPSA) is 0 Å². The van der Waals surface area contributed by atoms with Gasteiger partial charge in [0.05, 0.1) is 0 Å². The van der Waals surface area contributed by atoms with Crippen LogP contribution in [0.3, 0.4) is 0 Å². The maximum atomic E-state index is 4.42. The van der Waals surface area contributed by atoms with Crippen molar-refractivity contribution in [3.05, 3.63) is 65.3 Å². The highest BCUT2D eigenvalue weighted by atomic mass is 14.3. The van der Waals surface area contributed by atoms with Gasteiger partial charge in [0, 0.05) is 2.85 Å². The van der Waals surface area contributed by atoms with E-state index in [0.29, 0.717) is 0 Å². The van der Waals surface area contributed by atoms with Gasteiger partial charge in [0.25, 0.3) is 0 Å². The maximum Gasteiger partial charge on any atom is 0 e. The van der Waals surface area contributed by atoms with Gasteiger partial charge in [-0.25, -0.2) is 0 Å². The molecule has 0 nitrogen and oxygen atoms in total. The minimum Gasteiger partial charge on any atom is -0.0953 e. The second kappa shape index (κ2) is 12.7. The van der Waals surface area contributed by atoms with Crippen LogP contribution in [0.25, 0.3) is 5.57 Å². The normalized spacial score (nSPS) is 19.3. The van der Waals surface area contributed by atoms with Gasteiger partial charge in [-0.1, -0.05) is 103 Å². The summed E-state index contributed by atoms with van der Waals surface area (Å²) in [5.74, 6) is 0.736. The third-order valence-electron chi connectivity index (χ3n) is 5.27. The number of allylic oxidation sites excluding steroid dienone is 5. The molecule has 1 saturated carbocycles. The first kappa shape index (κ1) is 22.5. The van der Waals surface area contributed by atoms with Crippen LogP contribution in [0.5, 0.6) is 0 Å². The van der Waals surface area contributed by atoms with E-state index in [1.54, 1.807) is 0 Å². The van der Waals surface area contributed by atoms with Crippen LogP contribution in [0.1, 0.15) is 93.5 Å². The van der Waals surface area contributed by atoms with E-state index < -0.39 is 0 Å². The predicted octanol–water partition coefficient (Wildman–Crippen LogP) is 9.03. The zero-order valence-electron chi connectivity index (χ0n) is 17.9. The summed E-state index contributed by atoms with van der Waals surface area (Å²) in [5.41, 5.74) is 7.23. The largest absolute Gasteiger partial charge is 0.0953 e. The molecule has 0 heterocycles. The fourth-order valence-corrected chi connectivity index (χ4v) is 3.86. The first-order valence-corrected chi connectivity index (χ1v) is 11.0. The Hall–Kier alpha value is -1.56. The molecule has 0 aromatic heterocycles. The Bertz CT molecular complexity index is 611. The van der Waals surface area contributed by atoms with Crippen molar-refractivity contribution in [1.82, 2.24) is 0 Å². The molecular weight excluding hydrogens is 312 g/mol. The number of unbranched alkanes of at least 4 members (excludes halogenated alkanes) is 3. The molecule has 0 amide bonds. The maximum absolute atomic E-state index is 4.42. The highest BCUT2D eigenvalue weighted by Crippen LogP contribution is 2.40. The molecular formula is C26H44. The van der Waals surface area contributed by atoms with E-state index in [2.05, 4.69) is 49.9 Å². The van der Waals surface area contributed by atoms with Crippen molar-refractivity contribution in [2.45, 2.75) is 86.0 Å². The molecule has 148 valence electrons. The van der Waals surface area contributed by atoms with Gasteiger partial charge in [0.2, 0.25) is 0 Å². The summed E-state index contributed by atoms with van der Waals surface area (Å²) in [6, 6.07) is 8.79. The van der Waals surface area contributed by atoms with Crippen LogP contribution in [-0.4, -0.2) is 0 Å². The van der Waals surface area contributed by atoms with Crippen LogP contribution in [0.2, 0.25) is 0 Å². The Balaban J connectivity index is 0. The van der Waals surface area contributed by atoms with Gasteiger partial charge < -0.3 is 0 Å². The van der Waals surface area contributed by atoms with E-state index in [4.69, 9.17) is 0 Å². The molecule has 26 heavy (non-hydrogen) atoms. The lowest BCUT2D eigenvalue weighted by Crippen LogP contribution is -1.96. The Morgan fingerprint density at radius 1 is 1.08 bits per heavy atom. The van der Waals surface area contributed by atoms with Gasteiger partial charge in [0.15, 0.2) is 0 Å². The lowest BCUT2D eigenvalue weighted by molar-refractivity contribution is 0.519. The molecule has 0 aliphatic heterocycles. The second-order valence-corrected chi connectivity index (χ2v) is 6.80. The molecule has 0 saturated heterocycles. The Kier molecular flexibility index (Phi) is 11.0. The number of hydrogen-bond donors (Lipinski definition) is 0. The Morgan fingerprint density at radius 3 is 2.54 bits per heavy atom. The molecule has 1 unspecified atom stereocenters. The van der Waals surface area contributed by atoms with Crippen LogP contribution < -0.4 is 0 Å². The highest BCUT2D eigenvalue weighted by Gasteiger charge is 2.24. The van der Waals surface area contributed by atoms with Crippen molar-refractivity contribution >= 4 is 5.57 Å². The first-order chi connectivity index (χ1) is 12.8. The lowest BCUT2D eigenvalue weighted by Gasteiger charge is -2.11. The van der Waals surface area contributed by atoms with Crippen LogP contribution in [0.4, 0.5) is 0 Å². The molecule has 1 fully saturated rings. The Labute approximate surface area is 166 Å². The van der Waals surface area contributed by atoms with Crippen molar-refractivity contribution in [1.29, 1.82) is 0 Å². The van der Waals surface area contributed by atoms with Crippen LogP contribution in [-0.2, 0) is 6.42 Å². The first-order valence-electron chi connectivity index (χ1n) is 11.0. The smallest absolute Gasteiger partial charge is 0 e. The van der Waals surface area contributed by atoms with Gasteiger partial charge in [-0.2, -0.15) is 0 Å². The van der Waals surface area contributed by atoms with E-state index in [1.807, 2.05) is 27.7 Å². The van der Waals surface area contributed by atoms with E-state index in [-0.39, 0.29) is 2.85 Å². The molecule has 1 aromatic carbocycles. The molecule has 1 aromatic rings. The van der Waals surface area contributed by atoms with Gasteiger partial charge in [-0.05, 0) is 59.4 Å². The van der Waals surface area contributed by atoms with Gasteiger partial charge in [-0.3, -0.25) is 0 Å². The quantitative estimate of drug-likeness (QED) is 0.446. The van der Waals surface area contributed by atoms with Crippen LogP contribution in [0, 0.1) is 5.92 Å². The van der Waals surface area contributed by atoms with Crippen molar-refractivity contribution in [3.63, 3.8) is 0 Å². The third kappa shape index (κ3) is 6.01. The standard InChI is InChI=1S/C22H28.2C2H6.2H2/c1-3-4-5-6-9-18-12-14-20(17(18)2)16-21-15-13-19-10-7-8-11-22(19)21;2*1-2;;/h7-8,10-11,15-16,18H,2-6,9,12-14H2,1H3;2*1-2H3;2*1H/b20-16+;;;;. The van der Waals surface area contributed by atoms with Crippen molar-refractivity contribution in [2.75, 3.05) is 0 Å². The zero-order chi connectivity index (χ0) is 19.4. The summed E-state index contributed by atoms with van der Waals surface area (Å²) < 4.78 is 0. The summed E-state index contributed by atoms with van der Waals surface area (Å²) in [4.78, 5) is 0. The van der Waals surface area contributed by atoms with Gasteiger partial charge in [0.1, 0.15) is 0 Å². The summed E-state index contributed by atoms with van der Waals surface area (Å²) in [6.45, 7) is 14.7. The van der Waals surface area contributed by atoms with E-state index >= 15 is 0 Å². The average molecular weight is 357 g/mol. The van der Waals surface area contributed by atoms with Crippen LogP contribution >= 0.6 is 0 Å². The summed E-state index contributed by atoms with van der Waals surface area (Å²) in [5, 5.41) is 0. The molecule has 0 radical (unpaired) electrons. The minimum atomic E-state index is 0. The fourth-order valence-electron chi connectivity index (χ4n) is 3.86. The van der Waals surface area contributed by atoms with Crippen molar-refractivity contribution in [3.8, 4) is 0 Å².